The first-order valence-corrected chi connectivity index (χ1v) is 27.1. The van der Waals surface area contributed by atoms with Crippen LogP contribution >= 0.6 is 12.6 Å². The fourth-order valence-electron chi connectivity index (χ4n) is 12.7. The topological polar surface area (TPSA) is 21.3 Å². The maximum atomic E-state index is 3.53. The van der Waals surface area contributed by atoms with Crippen molar-refractivity contribution in [3.05, 3.63) is 273 Å². The Morgan fingerprint density at radius 2 is 0.532 bits per heavy atom. The molecule has 5 nitrogen and oxygen atoms in total. The lowest BCUT2D eigenvalue weighted by Gasteiger charge is -2.28. The molecule has 364 valence electrons. The van der Waals surface area contributed by atoms with Crippen LogP contribution in [0.4, 0.5) is 34.1 Å². The summed E-state index contributed by atoms with van der Waals surface area (Å²) < 4.78 is 7.36. The minimum Gasteiger partial charge on any atom is -0.309 e. The fourth-order valence-corrected chi connectivity index (χ4v) is 12.7. The Hall–Kier alpha value is -9.75. The summed E-state index contributed by atoms with van der Waals surface area (Å²) in [5.41, 5.74) is 24.3. The summed E-state index contributed by atoms with van der Waals surface area (Å²) in [6.07, 6.45) is 1.69. The number of thiol groups is 1. The second-order valence-electron chi connectivity index (χ2n) is 19.6. The van der Waals surface area contributed by atoms with Crippen molar-refractivity contribution < 1.29 is 0 Å². The van der Waals surface area contributed by atoms with E-state index in [1.807, 2.05) is 0 Å². The second kappa shape index (κ2) is 18.0. The van der Waals surface area contributed by atoms with Gasteiger partial charge in [-0.2, -0.15) is 12.6 Å². The monoisotopic (exact) mass is 1000 g/mol. The third-order valence-electron chi connectivity index (χ3n) is 15.7. The molecule has 5 heterocycles. The van der Waals surface area contributed by atoms with Gasteiger partial charge in [-0.25, -0.2) is 0 Å². The Labute approximate surface area is 452 Å². The van der Waals surface area contributed by atoms with E-state index in [9.17, 15) is 0 Å². The Bertz CT molecular complexity index is 4330. The van der Waals surface area contributed by atoms with Gasteiger partial charge in [-0.1, -0.05) is 164 Å². The van der Waals surface area contributed by atoms with Gasteiger partial charge < -0.3 is 23.5 Å². The molecule has 77 heavy (non-hydrogen) atoms. The quantitative estimate of drug-likeness (QED) is 0.174. The molecular formula is C71H49N5S. The predicted molar refractivity (Wildman–Crippen MR) is 328 cm³/mol. The summed E-state index contributed by atoms with van der Waals surface area (Å²) in [7, 11) is 0. The molecule has 0 N–H and O–H groups in total. The van der Waals surface area contributed by atoms with E-state index in [4.69, 9.17) is 0 Å². The molecule has 3 aromatic heterocycles. The van der Waals surface area contributed by atoms with Crippen molar-refractivity contribution in [2.45, 2.75) is 0 Å². The third-order valence-corrected chi connectivity index (χ3v) is 15.7. The highest BCUT2D eigenvalue weighted by Crippen LogP contribution is 2.57. The Morgan fingerprint density at radius 1 is 0.234 bits per heavy atom. The van der Waals surface area contributed by atoms with E-state index in [1.54, 1.807) is 6.26 Å². The molecule has 11 aromatic carbocycles. The smallest absolute Gasteiger partial charge is 0.0641 e. The van der Waals surface area contributed by atoms with Gasteiger partial charge in [-0.15, -0.1) is 0 Å². The Morgan fingerprint density at radius 3 is 0.935 bits per heavy atom. The predicted octanol–water partition coefficient (Wildman–Crippen LogP) is 19.5. The largest absolute Gasteiger partial charge is 0.309 e. The fraction of sp³-hybridized carbons (Fsp3) is 0.0141. The summed E-state index contributed by atoms with van der Waals surface area (Å²) >= 11 is 3.53. The molecule has 0 saturated carbocycles. The van der Waals surface area contributed by atoms with Crippen LogP contribution in [0.3, 0.4) is 0 Å². The summed E-state index contributed by atoms with van der Waals surface area (Å²) in [5, 5.41) is 4.79. The van der Waals surface area contributed by atoms with E-state index in [1.165, 1.54) is 77.3 Å². The van der Waals surface area contributed by atoms with Gasteiger partial charge in [0.2, 0.25) is 0 Å². The molecule has 0 aliphatic carbocycles. The van der Waals surface area contributed by atoms with Crippen LogP contribution in [-0.2, 0) is 0 Å². The summed E-state index contributed by atoms with van der Waals surface area (Å²) in [4.78, 5) is 4.99. The lowest BCUT2D eigenvalue weighted by molar-refractivity contribution is 1.13. The Balaban J connectivity index is 0.00000256. The minimum atomic E-state index is 1.09. The van der Waals surface area contributed by atoms with Gasteiger partial charge in [0.05, 0.1) is 56.2 Å². The highest BCUT2D eigenvalue weighted by molar-refractivity contribution is 7.79. The van der Waals surface area contributed by atoms with Crippen molar-refractivity contribution in [3.63, 3.8) is 0 Å². The molecule has 0 bridgehead atoms. The van der Waals surface area contributed by atoms with Gasteiger partial charge in [0.25, 0.3) is 0 Å². The number of benzene rings is 11. The lowest BCUT2D eigenvalue weighted by Crippen LogP contribution is -2.11. The number of aromatic nitrogens is 3. The molecular weight excluding hydrogens is 955 g/mol. The SMILES string of the molecule is CS.c1ccc(-n2c3c(c4ccccc42)-c2ccccc2N(c2ccc4c(c2)c2cc(N5c6ccccc6-c6c(n(-c7ccccc7)c7ccccc67)-c6ccccc65)ccc2n4-c2ccccc2)c2ccccc2-3)cc1. The number of fused-ring (bicyclic) bond motifs is 17. The first kappa shape index (κ1) is 44.7. The summed E-state index contributed by atoms with van der Waals surface area (Å²) in [5.74, 6) is 0. The van der Waals surface area contributed by atoms with Gasteiger partial charge in [0, 0.05) is 83.4 Å². The number of anilines is 6. The van der Waals surface area contributed by atoms with Gasteiger partial charge >= 0.3 is 0 Å². The van der Waals surface area contributed by atoms with Crippen LogP contribution < -0.4 is 9.80 Å². The van der Waals surface area contributed by atoms with Crippen LogP contribution in [0.15, 0.2) is 273 Å². The molecule has 0 atom stereocenters. The van der Waals surface area contributed by atoms with Gasteiger partial charge in [-0.3, -0.25) is 0 Å². The number of hydrogen-bond acceptors (Lipinski definition) is 3. The summed E-state index contributed by atoms with van der Waals surface area (Å²) in [6, 6.07) is 100. The van der Waals surface area contributed by atoms with E-state index in [0.717, 1.165) is 62.2 Å². The number of hydrogen-bond donors (Lipinski definition) is 1. The van der Waals surface area contributed by atoms with E-state index in [-0.39, 0.29) is 0 Å². The molecule has 0 amide bonds. The van der Waals surface area contributed by atoms with Crippen LogP contribution in [0.25, 0.3) is 105 Å². The van der Waals surface area contributed by atoms with Crippen molar-refractivity contribution in [1.82, 2.24) is 13.7 Å². The molecule has 0 saturated heterocycles. The summed E-state index contributed by atoms with van der Waals surface area (Å²) in [6.45, 7) is 0. The average Bonchev–Trinajstić information content (AvgIpc) is 4.09. The first-order chi connectivity index (χ1) is 38.3. The molecule has 6 heteroatoms. The van der Waals surface area contributed by atoms with E-state index < -0.39 is 0 Å². The molecule has 16 rings (SSSR count). The number of rotatable bonds is 5. The minimum absolute atomic E-state index is 1.09. The lowest BCUT2D eigenvalue weighted by atomic mass is 9.98. The maximum Gasteiger partial charge on any atom is 0.0641 e. The van der Waals surface area contributed by atoms with Crippen LogP contribution in [0.5, 0.6) is 0 Å². The maximum absolute atomic E-state index is 3.53. The standard InChI is InChI=1S/C70H45N5.CH4S/c1-4-22-46(23-5-1)71-65-42-40-49(72-59-34-16-10-28-51(59)67-53-30-12-18-36-61(53)74(47-24-6-2-7-25-47)69(67)55-32-14-20-38-63(55)72)44-57(65)58-45-50(41-43-66(58)71)73-60-35-17-11-29-52(60)68-54-31-13-19-37-62(54)75(48-26-8-3-9-27-48)70(68)56-33-15-21-39-64(56)73;1-2/h1-45H;2H,1H3. The van der Waals surface area contributed by atoms with Crippen molar-refractivity contribution in [1.29, 1.82) is 0 Å². The van der Waals surface area contributed by atoms with Crippen molar-refractivity contribution in [3.8, 4) is 61.8 Å². The Kier molecular flexibility index (Phi) is 10.4. The van der Waals surface area contributed by atoms with Crippen LogP contribution in [0.1, 0.15) is 0 Å². The zero-order chi connectivity index (χ0) is 51.1. The van der Waals surface area contributed by atoms with Gasteiger partial charge in [0.15, 0.2) is 0 Å². The van der Waals surface area contributed by atoms with E-state index >= 15 is 0 Å². The molecule has 2 aliphatic heterocycles. The zero-order valence-electron chi connectivity index (χ0n) is 42.2. The van der Waals surface area contributed by atoms with Gasteiger partial charge in [0.1, 0.15) is 0 Å². The molecule has 0 unspecified atom stereocenters. The van der Waals surface area contributed by atoms with Crippen molar-refractivity contribution >= 4 is 90.4 Å². The number of para-hydroxylation sites is 9. The van der Waals surface area contributed by atoms with Crippen LogP contribution in [0, 0.1) is 0 Å². The molecule has 2 aliphatic rings. The second-order valence-corrected chi connectivity index (χ2v) is 19.6. The third kappa shape index (κ3) is 6.69. The highest BCUT2D eigenvalue weighted by atomic mass is 32.1. The van der Waals surface area contributed by atoms with E-state index in [0.29, 0.717) is 0 Å². The molecule has 0 fully saturated rings. The van der Waals surface area contributed by atoms with Gasteiger partial charge in [-0.05, 0) is 115 Å². The average molecular weight is 1000 g/mol. The van der Waals surface area contributed by atoms with E-state index in [2.05, 4.69) is 309 Å². The van der Waals surface area contributed by atoms with Crippen molar-refractivity contribution in [2.24, 2.45) is 0 Å². The molecule has 0 spiro atoms. The normalized spacial score (nSPS) is 12.2. The number of nitrogens with zero attached hydrogens (tertiary/aromatic N) is 5. The van der Waals surface area contributed by atoms with Crippen molar-refractivity contribution in [2.75, 3.05) is 16.1 Å². The highest BCUT2D eigenvalue weighted by Gasteiger charge is 2.34. The van der Waals surface area contributed by atoms with Crippen LogP contribution in [-0.4, -0.2) is 20.0 Å². The molecule has 0 radical (unpaired) electrons. The first-order valence-electron chi connectivity index (χ1n) is 26.2. The molecule has 14 aromatic rings. The van der Waals surface area contributed by atoms with Crippen LogP contribution in [0.2, 0.25) is 0 Å². The zero-order valence-corrected chi connectivity index (χ0v) is 43.1.